The Morgan fingerprint density at radius 3 is 2.64 bits per heavy atom. The van der Waals surface area contributed by atoms with Crippen molar-refractivity contribution in [1.29, 1.82) is 0 Å². The fraction of sp³-hybridized carbons (Fsp3) is 0.500. The maximum Gasteiger partial charge on any atom is 0.241 e. The molecule has 1 N–H and O–H groups in total. The van der Waals surface area contributed by atoms with Gasteiger partial charge in [-0.15, -0.1) is 0 Å². The van der Waals surface area contributed by atoms with Crippen molar-refractivity contribution in [1.82, 2.24) is 4.90 Å². The zero-order valence-corrected chi connectivity index (χ0v) is 18.1. The first-order chi connectivity index (χ1) is 13.4. The molecule has 6 nitrogen and oxygen atoms in total. The van der Waals surface area contributed by atoms with Crippen molar-refractivity contribution in [2.45, 2.75) is 51.2 Å². The van der Waals surface area contributed by atoms with E-state index in [0.29, 0.717) is 40.7 Å². The molecule has 0 radical (unpaired) electrons. The molecule has 152 valence electrons. The normalized spacial score (nSPS) is 16.4. The van der Waals surface area contributed by atoms with E-state index in [9.17, 15) is 14.4 Å². The molecular weight excluding hydrogens is 396 g/mol. The number of ketones is 1. The summed E-state index contributed by atoms with van der Waals surface area (Å²) in [6.45, 7) is 4.07. The molecule has 0 aliphatic carbocycles. The molecule has 1 aliphatic rings. The van der Waals surface area contributed by atoms with E-state index in [0.717, 1.165) is 19.3 Å². The van der Waals surface area contributed by atoms with Crippen LogP contribution in [0.15, 0.2) is 18.2 Å². The fourth-order valence-corrected chi connectivity index (χ4v) is 4.40. The Hall–Kier alpha value is -1.93. The average Bonchev–Trinajstić information content (AvgIpc) is 2.94. The van der Waals surface area contributed by atoms with Gasteiger partial charge in [0.1, 0.15) is 10.1 Å². The van der Waals surface area contributed by atoms with Crippen LogP contribution in [0.4, 0.5) is 5.69 Å². The van der Waals surface area contributed by atoms with Gasteiger partial charge in [-0.05, 0) is 44.4 Å². The number of rotatable bonds is 10. The van der Waals surface area contributed by atoms with Crippen molar-refractivity contribution in [3.05, 3.63) is 23.8 Å². The van der Waals surface area contributed by atoms with Gasteiger partial charge >= 0.3 is 0 Å². The summed E-state index contributed by atoms with van der Waals surface area (Å²) < 4.78 is 5.90. The highest BCUT2D eigenvalue weighted by molar-refractivity contribution is 8.24. The second-order valence-corrected chi connectivity index (χ2v) is 8.44. The smallest absolute Gasteiger partial charge is 0.241 e. The lowest BCUT2D eigenvalue weighted by Gasteiger charge is -2.15. The highest BCUT2D eigenvalue weighted by atomic mass is 32.2. The van der Waals surface area contributed by atoms with Gasteiger partial charge in [0.05, 0.1) is 18.0 Å². The van der Waals surface area contributed by atoms with Gasteiger partial charge in [0, 0.05) is 18.5 Å². The van der Waals surface area contributed by atoms with E-state index < -0.39 is 0 Å². The molecule has 1 unspecified atom stereocenters. The summed E-state index contributed by atoms with van der Waals surface area (Å²) >= 11 is 6.74. The molecule has 28 heavy (non-hydrogen) atoms. The van der Waals surface area contributed by atoms with Crippen molar-refractivity contribution in [3.8, 4) is 5.75 Å². The van der Waals surface area contributed by atoms with Crippen LogP contribution in [-0.4, -0.2) is 45.7 Å². The average molecular weight is 423 g/mol. The second-order valence-electron chi connectivity index (χ2n) is 6.60. The first-order valence-corrected chi connectivity index (χ1v) is 10.7. The molecule has 2 rings (SSSR count). The maximum absolute atomic E-state index is 12.2. The number of unbranched alkanes of at least 4 members (excludes halogenated alkanes) is 2. The number of benzene rings is 1. The molecular formula is C20H26N2O4S2. The Morgan fingerprint density at radius 1 is 1.29 bits per heavy atom. The number of nitrogens with one attached hydrogen (secondary N) is 1. The minimum Gasteiger partial charge on any atom is -0.495 e. The molecule has 1 aromatic carbocycles. The Kier molecular flexibility index (Phi) is 8.44. The number of amides is 2. The molecule has 0 spiro atoms. The van der Waals surface area contributed by atoms with Gasteiger partial charge < -0.3 is 10.1 Å². The quantitative estimate of drug-likeness (QED) is 0.348. The minimum absolute atomic E-state index is 0.0426. The maximum atomic E-state index is 12.2. The zero-order valence-electron chi connectivity index (χ0n) is 16.4. The Balaban J connectivity index is 1.76. The number of hydrogen-bond donors (Lipinski definition) is 1. The van der Waals surface area contributed by atoms with Gasteiger partial charge in [-0.2, -0.15) is 0 Å². The van der Waals surface area contributed by atoms with Crippen LogP contribution in [0.2, 0.25) is 0 Å². The third kappa shape index (κ3) is 5.78. The van der Waals surface area contributed by atoms with E-state index in [1.54, 1.807) is 23.1 Å². The highest BCUT2D eigenvalue weighted by Gasteiger charge is 2.34. The van der Waals surface area contributed by atoms with Crippen LogP contribution in [0.5, 0.6) is 5.75 Å². The monoisotopic (exact) mass is 422 g/mol. The molecule has 1 saturated heterocycles. The van der Waals surface area contributed by atoms with Crippen LogP contribution < -0.4 is 10.1 Å². The van der Waals surface area contributed by atoms with E-state index in [4.69, 9.17) is 17.0 Å². The lowest BCUT2D eigenvalue weighted by Crippen LogP contribution is -2.32. The lowest BCUT2D eigenvalue weighted by molar-refractivity contribution is -0.126. The number of Topliss-reactive ketones (excluding diaryl/α,β-unsaturated/α-hetero) is 1. The van der Waals surface area contributed by atoms with Crippen LogP contribution in [0.1, 0.15) is 56.3 Å². The number of carbonyl (C=O) groups is 3. The summed E-state index contributed by atoms with van der Waals surface area (Å²) in [6, 6.07) is 4.97. The summed E-state index contributed by atoms with van der Waals surface area (Å²) in [4.78, 5) is 37.6. The minimum atomic E-state index is -0.131. The molecule has 1 aromatic rings. The number of thiocarbonyl (C=S) groups is 1. The molecule has 0 saturated carbocycles. The van der Waals surface area contributed by atoms with Gasteiger partial charge in [0.25, 0.3) is 0 Å². The number of nitrogens with zero attached hydrogens (tertiary/aromatic N) is 1. The molecule has 0 bridgehead atoms. The number of methoxy groups -OCH3 is 1. The molecule has 1 heterocycles. The van der Waals surface area contributed by atoms with E-state index in [1.165, 1.54) is 25.8 Å². The largest absolute Gasteiger partial charge is 0.495 e. The van der Waals surface area contributed by atoms with Crippen molar-refractivity contribution < 1.29 is 19.1 Å². The lowest BCUT2D eigenvalue weighted by atomic mass is 10.1. The molecule has 0 aromatic heterocycles. The van der Waals surface area contributed by atoms with Crippen LogP contribution in [0.25, 0.3) is 0 Å². The van der Waals surface area contributed by atoms with Gasteiger partial charge in [-0.1, -0.05) is 37.3 Å². The molecule has 1 atom stereocenters. The summed E-state index contributed by atoms with van der Waals surface area (Å²) in [5, 5.41) is 2.77. The van der Waals surface area contributed by atoms with Gasteiger partial charge in [0.2, 0.25) is 11.8 Å². The van der Waals surface area contributed by atoms with E-state index in [2.05, 4.69) is 5.32 Å². The van der Waals surface area contributed by atoms with Crippen molar-refractivity contribution >= 4 is 51.6 Å². The van der Waals surface area contributed by atoms with Crippen molar-refractivity contribution in [3.63, 3.8) is 0 Å². The Labute approximate surface area is 175 Å². The third-order valence-electron chi connectivity index (χ3n) is 4.54. The number of thioether (sulfide) groups is 1. The van der Waals surface area contributed by atoms with Crippen LogP contribution in [-0.2, 0) is 9.59 Å². The number of ether oxygens (including phenoxy) is 1. The predicted molar refractivity (Wildman–Crippen MR) is 116 cm³/mol. The topological polar surface area (TPSA) is 75.7 Å². The van der Waals surface area contributed by atoms with Crippen LogP contribution in [0.3, 0.4) is 0 Å². The Bertz CT molecular complexity index is 767. The number of anilines is 1. The first-order valence-electron chi connectivity index (χ1n) is 9.38. The Morgan fingerprint density at radius 2 is 2.04 bits per heavy atom. The third-order valence-corrected chi connectivity index (χ3v) is 6.29. The van der Waals surface area contributed by atoms with E-state index in [-0.39, 0.29) is 22.8 Å². The molecule has 1 fully saturated rings. The molecule has 2 amide bonds. The zero-order chi connectivity index (χ0) is 20.7. The van der Waals surface area contributed by atoms with Crippen molar-refractivity contribution in [2.24, 2.45) is 0 Å². The fourth-order valence-electron chi connectivity index (χ4n) is 2.93. The summed E-state index contributed by atoms with van der Waals surface area (Å²) in [5.41, 5.74) is 1.02. The first kappa shape index (κ1) is 22.4. The second kappa shape index (κ2) is 10.6. The van der Waals surface area contributed by atoms with Crippen LogP contribution in [0, 0.1) is 0 Å². The summed E-state index contributed by atoms with van der Waals surface area (Å²) in [5.74, 6) is 0.416. The molecule has 8 heteroatoms. The predicted octanol–water partition coefficient (Wildman–Crippen LogP) is 4.04. The highest BCUT2D eigenvalue weighted by Crippen LogP contribution is 2.29. The van der Waals surface area contributed by atoms with Crippen LogP contribution >= 0.6 is 24.0 Å². The summed E-state index contributed by atoms with van der Waals surface area (Å²) in [7, 11) is 1.52. The van der Waals surface area contributed by atoms with Crippen molar-refractivity contribution in [2.75, 3.05) is 19.0 Å². The molecule has 1 aliphatic heterocycles. The SMILES string of the molecule is CCC1SC(=S)N(CCCCCC(=O)Nc2cc(C(C)=O)ccc2OC)C1=O. The van der Waals surface area contributed by atoms with E-state index >= 15 is 0 Å². The van der Waals surface area contributed by atoms with Gasteiger partial charge in [0.15, 0.2) is 5.78 Å². The number of hydrogen-bond acceptors (Lipinski definition) is 6. The summed E-state index contributed by atoms with van der Waals surface area (Å²) in [6.07, 6.45) is 3.48. The number of carbonyl (C=O) groups excluding carboxylic acids is 3. The van der Waals surface area contributed by atoms with E-state index in [1.807, 2.05) is 6.92 Å². The standard InChI is InChI=1S/C20H26N2O4S2/c1-4-17-19(25)22(20(27)28-17)11-7-5-6-8-18(24)21-15-12-14(13(2)23)9-10-16(15)26-3/h9-10,12,17H,4-8,11H2,1-3H3,(H,21,24). The van der Waals surface area contributed by atoms with Gasteiger partial charge in [-0.25, -0.2) is 0 Å². The van der Waals surface area contributed by atoms with Gasteiger partial charge in [-0.3, -0.25) is 19.3 Å².